The van der Waals surface area contributed by atoms with Crippen molar-refractivity contribution in [2.24, 2.45) is 0 Å². The van der Waals surface area contributed by atoms with Crippen LogP contribution >= 0.6 is 11.6 Å². The number of hydrogen-bond donors (Lipinski definition) is 1. The Labute approximate surface area is 109 Å². The van der Waals surface area contributed by atoms with E-state index in [9.17, 15) is 8.78 Å². The minimum absolute atomic E-state index is 0.0345. The van der Waals surface area contributed by atoms with Crippen LogP contribution in [0.3, 0.4) is 0 Å². The molecule has 0 unspecified atom stereocenters. The van der Waals surface area contributed by atoms with Gasteiger partial charge in [0.05, 0.1) is 5.02 Å². The Morgan fingerprint density at radius 2 is 1.67 bits per heavy atom. The quantitative estimate of drug-likeness (QED) is 0.886. The Hall–Kier alpha value is -1.45. The van der Waals surface area contributed by atoms with Gasteiger partial charge < -0.3 is 5.32 Å². The molecule has 0 saturated heterocycles. The van der Waals surface area contributed by atoms with Gasteiger partial charge in [0.2, 0.25) is 0 Å². The highest BCUT2D eigenvalue weighted by Crippen LogP contribution is 2.26. The van der Waals surface area contributed by atoms with Gasteiger partial charge in [-0.25, -0.2) is 8.78 Å². The molecular weight excluding hydrogens is 256 g/mol. The van der Waals surface area contributed by atoms with Crippen LogP contribution < -0.4 is 5.32 Å². The average molecular weight is 268 g/mol. The summed E-state index contributed by atoms with van der Waals surface area (Å²) >= 11 is 5.71. The lowest BCUT2D eigenvalue weighted by atomic mass is 10.0. The van der Waals surface area contributed by atoms with Crippen LogP contribution in [0.4, 0.5) is 8.78 Å². The molecule has 0 amide bonds. The normalized spacial score (nSPS) is 10.7. The smallest absolute Gasteiger partial charge is 0.141 e. The van der Waals surface area contributed by atoms with Crippen LogP contribution in [-0.2, 0) is 6.54 Å². The van der Waals surface area contributed by atoms with Crippen molar-refractivity contribution >= 4 is 11.6 Å². The van der Waals surface area contributed by atoms with E-state index >= 15 is 0 Å². The lowest BCUT2D eigenvalue weighted by molar-refractivity contribution is 0.601. The van der Waals surface area contributed by atoms with Gasteiger partial charge in [0.1, 0.15) is 11.6 Å². The van der Waals surface area contributed by atoms with E-state index in [1.54, 1.807) is 25.2 Å². The third-order valence-corrected chi connectivity index (χ3v) is 2.96. The van der Waals surface area contributed by atoms with E-state index < -0.39 is 5.82 Å². The van der Waals surface area contributed by atoms with Gasteiger partial charge in [-0.1, -0.05) is 29.8 Å². The Bertz CT molecular complexity index is 570. The summed E-state index contributed by atoms with van der Waals surface area (Å²) in [6.07, 6.45) is 0. The van der Waals surface area contributed by atoms with Gasteiger partial charge in [-0.3, -0.25) is 0 Å². The van der Waals surface area contributed by atoms with Gasteiger partial charge in [0, 0.05) is 12.1 Å². The first-order valence-corrected chi connectivity index (χ1v) is 5.88. The Morgan fingerprint density at radius 3 is 2.28 bits per heavy atom. The van der Waals surface area contributed by atoms with Gasteiger partial charge in [0.15, 0.2) is 0 Å². The van der Waals surface area contributed by atoms with Crippen LogP contribution in [0.15, 0.2) is 36.4 Å². The van der Waals surface area contributed by atoms with Crippen molar-refractivity contribution in [2.75, 3.05) is 7.05 Å². The Kier molecular flexibility index (Phi) is 3.94. The molecule has 94 valence electrons. The van der Waals surface area contributed by atoms with Crippen molar-refractivity contribution in [3.05, 3.63) is 58.6 Å². The van der Waals surface area contributed by atoms with Gasteiger partial charge in [-0.05, 0) is 36.4 Å². The summed E-state index contributed by atoms with van der Waals surface area (Å²) in [5.41, 5.74) is 1.96. The van der Waals surface area contributed by atoms with Crippen LogP contribution in [0, 0.1) is 11.6 Å². The molecule has 4 heteroatoms. The summed E-state index contributed by atoms with van der Waals surface area (Å²) in [7, 11) is 1.76. The first-order valence-electron chi connectivity index (χ1n) is 5.50. The second-order valence-electron chi connectivity index (χ2n) is 3.97. The molecule has 0 aliphatic carbocycles. The zero-order valence-corrected chi connectivity index (χ0v) is 10.6. The molecule has 0 fully saturated rings. The zero-order valence-electron chi connectivity index (χ0n) is 9.81. The molecule has 0 aliphatic rings. The topological polar surface area (TPSA) is 12.0 Å². The highest BCUT2D eigenvalue weighted by molar-refractivity contribution is 6.31. The molecule has 0 heterocycles. The number of halogens is 3. The molecule has 2 rings (SSSR count). The fourth-order valence-corrected chi connectivity index (χ4v) is 1.92. The number of rotatable bonds is 3. The van der Waals surface area contributed by atoms with Crippen molar-refractivity contribution in [1.29, 1.82) is 0 Å². The first-order chi connectivity index (χ1) is 8.61. The highest BCUT2D eigenvalue weighted by atomic mass is 35.5. The molecule has 0 radical (unpaired) electrons. The summed E-state index contributed by atoms with van der Waals surface area (Å²) < 4.78 is 26.8. The lowest BCUT2D eigenvalue weighted by Gasteiger charge is -2.07. The summed E-state index contributed by atoms with van der Waals surface area (Å²) in [5.74, 6) is -0.769. The van der Waals surface area contributed by atoms with Crippen molar-refractivity contribution in [2.45, 2.75) is 6.54 Å². The Balaban J connectivity index is 2.39. The molecule has 2 aromatic rings. The van der Waals surface area contributed by atoms with E-state index in [4.69, 9.17) is 11.6 Å². The SMILES string of the molecule is CNCc1ccc(-c2ccc(F)c(Cl)c2)cc1F. The molecule has 0 aromatic heterocycles. The maximum absolute atomic E-state index is 13.8. The first kappa shape index (κ1) is 13.0. The third kappa shape index (κ3) is 2.68. The predicted molar refractivity (Wildman–Crippen MR) is 69.6 cm³/mol. The maximum Gasteiger partial charge on any atom is 0.141 e. The van der Waals surface area contributed by atoms with Crippen LogP contribution in [0.2, 0.25) is 5.02 Å². The number of benzene rings is 2. The largest absolute Gasteiger partial charge is 0.316 e. The molecule has 2 aromatic carbocycles. The van der Waals surface area contributed by atoms with Crippen molar-refractivity contribution in [3.8, 4) is 11.1 Å². The highest BCUT2D eigenvalue weighted by Gasteiger charge is 2.06. The van der Waals surface area contributed by atoms with Crippen LogP contribution in [0.5, 0.6) is 0 Å². The molecule has 0 saturated carbocycles. The second-order valence-corrected chi connectivity index (χ2v) is 4.37. The number of hydrogen-bond acceptors (Lipinski definition) is 1. The minimum atomic E-state index is -0.479. The van der Waals surface area contributed by atoms with E-state index in [0.29, 0.717) is 23.2 Å². The number of nitrogens with one attached hydrogen (secondary N) is 1. The lowest BCUT2D eigenvalue weighted by Crippen LogP contribution is -2.06. The van der Waals surface area contributed by atoms with Crippen LogP contribution in [0.1, 0.15) is 5.56 Å². The van der Waals surface area contributed by atoms with E-state index in [2.05, 4.69) is 5.32 Å². The fraction of sp³-hybridized carbons (Fsp3) is 0.143. The van der Waals surface area contributed by atoms with Crippen LogP contribution in [0.25, 0.3) is 11.1 Å². The van der Waals surface area contributed by atoms with Gasteiger partial charge >= 0.3 is 0 Å². The molecule has 18 heavy (non-hydrogen) atoms. The Morgan fingerprint density at radius 1 is 1.00 bits per heavy atom. The van der Waals surface area contributed by atoms with Crippen molar-refractivity contribution < 1.29 is 8.78 Å². The summed E-state index contributed by atoms with van der Waals surface area (Å²) in [6.45, 7) is 0.469. The maximum atomic E-state index is 13.8. The monoisotopic (exact) mass is 267 g/mol. The summed E-state index contributed by atoms with van der Waals surface area (Å²) in [5, 5.41) is 2.92. The minimum Gasteiger partial charge on any atom is -0.316 e. The molecule has 0 spiro atoms. The van der Waals surface area contributed by atoms with Gasteiger partial charge in [-0.2, -0.15) is 0 Å². The molecule has 1 N–H and O–H groups in total. The zero-order chi connectivity index (χ0) is 13.1. The molecule has 0 bridgehead atoms. The van der Waals surface area contributed by atoms with E-state index in [0.717, 1.165) is 0 Å². The van der Waals surface area contributed by atoms with E-state index in [1.165, 1.54) is 18.2 Å². The second kappa shape index (κ2) is 5.46. The third-order valence-electron chi connectivity index (χ3n) is 2.67. The molecule has 0 aliphatic heterocycles. The average Bonchev–Trinajstić information content (AvgIpc) is 2.35. The summed E-state index contributed by atoms with van der Waals surface area (Å²) in [4.78, 5) is 0. The van der Waals surface area contributed by atoms with E-state index in [1.807, 2.05) is 0 Å². The predicted octanol–water partition coefficient (Wildman–Crippen LogP) is 4.00. The van der Waals surface area contributed by atoms with Gasteiger partial charge in [0.25, 0.3) is 0 Å². The van der Waals surface area contributed by atoms with E-state index in [-0.39, 0.29) is 10.8 Å². The van der Waals surface area contributed by atoms with Gasteiger partial charge in [-0.15, -0.1) is 0 Å². The molecule has 1 nitrogen and oxygen atoms in total. The molecular formula is C14H12ClF2N. The van der Waals surface area contributed by atoms with Crippen molar-refractivity contribution in [1.82, 2.24) is 5.32 Å². The fourth-order valence-electron chi connectivity index (χ4n) is 1.74. The molecule has 0 atom stereocenters. The van der Waals surface area contributed by atoms with Crippen molar-refractivity contribution in [3.63, 3.8) is 0 Å². The van der Waals surface area contributed by atoms with Crippen LogP contribution in [-0.4, -0.2) is 7.05 Å². The standard InChI is InChI=1S/C14H12ClF2N/c1-18-8-11-3-2-10(7-14(11)17)9-4-5-13(16)12(15)6-9/h2-7,18H,8H2,1H3. The summed E-state index contributed by atoms with van der Waals surface area (Å²) in [6, 6.07) is 9.27.